The number of rotatable bonds is 9. The second kappa shape index (κ2) is 10.3. The van der Waals surface area contributed by atoms with E-state index < -0.39 is 16.1 Å². The Hall–Kier alpha value is -1.77. The van der Waals surface area contributed by atoms with Crippen molar-refractivity contribution in [2.24, 2.45) is 11.8 Å². The Morgan fingerprint density at radius 3 is 2.45 bits per heavy atom. The lowest BCUT2D eigenvalue weighted by molar-refractivity contribution is -0.128. The molecule has 0 saturated carbocycles. The molecular weight excluding hydrogens is 390 g/mol. The fourth-order valence-electron chi connectivity index (χ4n) is 3.65. The number of nitrogens with zero attached hydrogens (tertiary/aromatic N) is 1. The van der Waals surface area contributed by atoms with Crippen molar-refractivity contribution in [3.05, 3.63) is 29.8 Å². The molecule has 2 atom stereocenters. The van der Waals surface area contributed by atoms with Crippen LogP contribution < -0.4 is 10.0 Å². The number of carbonyl (C=O) groups excluding carboxylic acids is 2. The first-order valence-electron chi connectivity index (χ1n) is 10.2. The lowest BCUT2D eigenvalue weighted by Gasteiger charge is -2.32. The topological polar surface area (TPSA) is 95.6 Å². The molecule has 2 rings (SSSR count). The van der Waals surface area contributed by atoms with Crippen molar-refractivity contribution in [1.29, 1.82) is 0 Å². The number of hydrogen-bond donors (Lipinski definition) is 2. The Morgan fingerprint density at radius 2 is 1.86 bits per heavy atom. The van der Waals surface area contributed by atoms with Gasteiger partial charge in [0.25, 0.3) is 0 Å². The summed E-state index contributed by atoms with van der Waals surface area (Å²) in [7, 11) is -3.54. The van der Waals surface area contributed by atoms with Gasteiger partial charge in [-0.25, -0.2) is 13.1 Å². The lowest BCUT2D eigenvalue weighted by Crippen LogP contribution is -2.49. The fourth-order valence-corrected chi connectivity index (χ4v) is 4.77. The van der Waals surface area contributed by atoms with Gasteiger partial charge in [-0.2, -0.15) is 0 Å². The molecule has 1 aromatic carbocycles. The molecule has 0 aromatic heterocycles. The van der Waals surface area contributed by atoms with Gasteiger partial charge in [0, 0.05) is 13.1 Å². The number of benzene rings is 1. The summed E-state index contributed by atoms with van der Waals surface area (Å²) < 4.78 is 27.6. The van der Waals surface area contributed by atoms with Crippen LogP contribution in [0.2, 0.25) is 0 Å². The minimum atomic E-state index is -3.54. The summed E-state index contributed by atoms with van der Waals surface area (Å²) in [6.07, 6.45) is 1.82. The third-order valence-electron chi connectivity index (χ3n) is 5.28. The number of ketones is 1. The third-order valence-corrected chi connectivity index (χ3v) is 6.72. The Kier molecular flexibility index (Phi) is 8.36. The molecular formula is C21H33N3O4S. The number of sulfonamides is 1. The van der Waals surface area contributed by atoms with E-state index in [0.717, 1.165) is 24.9 Å². The maximum atomic E-state index is 12.5. The van der Waals surface area contributed by atoms with Crippen LogP contribution in [0.25, 0.3) is 0 Å². The summed E-state index contributed by atoms with van der Waals surface area (Å²) in [4.78, 5) is 26.3. The van der Waals surface area contributed by atoms with Gasteiger partial charge >= 0.3 is 0 Å². The van der Waals surface area contributed by atoms with E-state index in [1.807, 2.05) is 25.7 Å². The highest BCUT2D eigenvalue weighted by atomic mass is 32.2. The largest absolute Gasteiger partial charge is 0.345 e. The Bertz CT molecular complexity index is 806. The van der Waals surface area contributed by atoms with E-state index in [4.69, 9.17) is 0 Å². The van der Waals surface area contributed by atoms with E-state index in [0.29, 0.717) is 13.1 Å². The third kappa shape index (κ3) is 7.21. The lowest BCUT2D eigenvalue weighted by atomic mass is 9.98. The minimum Gasteiger partial charge on any atom is -0.345 e. The van der Waals surface area contributed by atoms with Gasteiger partial charge < -0.3 is 5.32 Å². The quantitative estimate of drug-likeness (QED) is 0.631. The van der Waals surface area contributed by atoms with Crippen molar-refractivity contribution in [3.63, 3.8) is 0 Å². The SMILES string of the molecule is CC(=O)C(NC(=O)CN1CCCC(CNS(=O)(=O)c2ccc(C)cc2)C1)C(C)C. The van der Waals surface area contributed by atoms with Gasteiger partial charge in [-0.05, 0) is 57.2 Å². The summed E-state index contributed by atoms with van der Waals surface area (Å²) in [6, 6.07) is 6.30. The van der Waals surface area contributed by atoms with Crippen LogP contribution in [0.15, 0.2) is 29.2 Å². The van der Waals surface area contributed by atoms with Crippen LogP contribution in [-0.4, -0.2) is 57.2 Å². The molecule has 0 radical (unpaired) electrons. The van der Waals surface area contributed by atoms with Crippen LogP contribution in [-0.2, 0) is 19.6 Å². The number of hydrogen-bond acceptors (Lipinski definition) is 5. The molecule has 0 spiro atoms. The van der Waals surface area contributed by atoms with E-state index in [2.05, 4.69) is 10.0 Å². The molecule has 29 heavy (non-hydrogen) atoms. The predicted octanol–water partition coefficient (Wildman–Crippen LogP) is 1.72. The molecule has 1 aliphatic rings. The molecule has 2 N–H and O–H groups in total. The molecule has 1 heterocycles. The van der Waals surface area contributed by atoms with Crippen LogP contribution in [0.3, 0.4) is 0 Å². The van der Waals surface area contributed by atoms with E-state index >= 15 is 0 Å². The van der Waals surface area contributed by atoms with Gasteiger partial charge in [0.05, 0.1) is 17.5 Å². The smallest absolute Gasteiger partial charge is 0.240 e. The minimum absolute atomic E-state index is 0.0433. The van der Waals surface area contributed by atoms with Crippen molar-refractivity contribution < 1.29 is 18.0 Å². The molecule has 162 valence electrons. The number of Topliss-reactive ketones (excluding diaryl/α,β-unsaturated/α-hetero) is 1. The zero-order valence-corrected chi connectivity index (χ0v) is 18.6. The van der Waals surface area contributed by atoms with Crippen molar-refractivity contribution >= 4 is 21.7 Å². The fraction of sp³-hybridized carbons (Fsp3) is 0.619. The molecule has 1 aromatic rings. The summed E-state index contributed by atoms with van der Waals surface area (Å²) in [5.41, 5.74) is 1.01. The van der Waals surface area contributed by atoms with Crippen LogP contribution in [0.5, 0.6) is 0 Å². The summed E-state index contributed by atoms with van der Waals surface area (Å²) in [5.74, 6) is -0.0256. The molecule has 1 amide bonds. The van der Waals surface area contributed by atoms with E-state index in [9.17, 15) is 18.0 Å². The normalized spacial score (nSPS) is 19.1. The standard InChI is InChI=1S/C21H33N3O4S/c1-15(2)21(17(4)25)23-20(26)14-24-11-5-6-18(13-24)12-22-29(27,28)19-9-7-16(3)8-10-19/h7-10,15,18,21-22H,5-6,11-14H2,1-4H3,(H,23,26). The summed E-state index contributed by atoms with van der Waals surface area (Å²) >= 11 is 0. The number of piperidine rings is 1. The molecule has 0 aliphatic carbocycles. The van der Waals surface area contributed by atoms with Crippen LogP contribution in [0, 0.1) is 18.8 Å². The van der Waals surface area contributed by atoms with Crippen molar-refractivity contribution in [2.45, 2.75) is 51.5 Å². The second-order valence-corrected chi connectivity index (χ2v) is 10.1. The number of aryl methyl sites for hydroxylation is 1. The highest BCUT2D eigenvalue weighted by molar-refractivity contribution is 7.89. The average Bonchev–Trinajstić information content (AvgIpc) is 2.65. The first kappa shape index (κ1) is 23.5. The van der Waals surface area contributed by atoms with Gasteiger partial charge in [0.2, 0.25) is 15.9 Å². The first-order chi connectivity index (χ1) is 13.6. The first-order valence-corrected chi connectivity index (χ1v) is 11.7. The highest BCUT2D eigenvalue weighted by Crippen LogP contribution is 2.17. The van der Waals surface area contributed by atoms with Crippen LogP contribution in [0.4, 0.5) is 0 Å². The van der Waals surface area contributed by atoms with Crippen LogP contribution >= 0.6 is 0 Å². The number of carbonyl (C=O) groups is 2. The van der Waals surface area contributed by atoms with E-state index in [1.165, 1.54) is 6.92 Å². The Labute approximate surface area is 174 Å². The molecule has 1 aliphatic heterocycles. The predicted molar refractivity (Wildman–Crippen MR) is 113 cm³/mol. The maximum Gasteiger partial charge on any atom is 0.240 e. The van der Waals surface area contributed by atoms with Gasteiger partial charge in [0.15, 0.2) is 5.78 Å². The van der Waals surface area contributed by atoms with Gasteiger partial charge in [-0.1, -0.05) is 31.5 Å². The van der Waals surface area contributed by atoms with Gasteiger partial charge in [-0.3, -0.25) is 14.5 Å². The van der Waals surface area contributed by atoms with Gasteiger partial charge in [0.1, 0.15) is 0 Å². The molecule has 7 nitrogen and oxygen atoms in total. The van der Waals surface area contributed by atoms with Crippen molar-refractivity contribution in [1.82, 2.24) is 14.9 Å². The van der Waals surface area contributed by atoms with E-state index in [-0.39, 0.29) is 35.0 Å². The van der Waals surface area contributed by atoms with Crippen molar-refractivity contribution in [3.8, 4) is 0 Å². The Morgan fingerprint density at radius 1 is 1.21 bits per heavy atom. The number of nitrogens with one attached hydrogen (secondary N) is 2. The van der Waals surface area contributed by atoms with Crippen molar-refractivity contribution in [2.75, 3.05) is 26.2 Å². The van der Waals surface area contributed by atoms with E-state index in [1.54, 1.807) is 24.3 Å². The highest BCUT2D eigenvalue weighted by Gasteiger charge is 2.26. The number of likely N-dealkylation sites (tertiary alicyclic amines) is 1. The second-order valence-electron chi connectivity index (χ2n) is 8.31. The summed E-state index contributed by atoms with van der Waals surface area (Å²) in [6.45, 7) is 9.22. The molecule has 1 saturated heterocycles. The number of amides is 1. The zero-order valence-electron chi connectivity index (χ0n) is 17.8. The molecule has 0 bridgehead atoms. The molecule has 1 fully saturated rings. The molecule has 2 unspecified atom stereocenters. The summed E-state index contributed by atoms with van der Waals surface area (Å²) in [5, 5.41) is 2.82. The average molecular weight is 424 g/mol. The monoisotopic (exact) mass is 423 g/mol. The van der Waals surface area contributed by atoms with Gasteiger partial charge in [-0.15, -0.1) is 0 Å². The molecule has 8 heteroatoms. The maximum absolute atomic E-state index is 12.5. The van der Waals surface area contributed by atoms with Crippen LogP contribution in [0.1, 0.15) is 39.2 Å². The Balaban J connectivity index is 1.86. The zero-order chi connectivity index (χ0) is 21.6.